The molecule has 0 bridgehead atoms. The van der Waals surface area contributed by atoms with E-state index in [1.807, 2.05) is 4.57 Å². The van der Waals surface area contributed by atoms with Crippen molar-refractivity contribution in [3.8, 4) is 0 Å². The molecule has 2 atom stereocenters. The highest BCUT2D eigenvalue weighted by atomic mass is 35.5. The van der Waals surface area contributed by atoms with Crippen LogP contribution in [0.3, 0.4) is 0 Å². The molecule has 0 aliphatic carbocycles. The lowest BCUT2D eigenvalue weighted by Crippen LogP contribution is -2.38. The normalized spacial score (nSPS) is 18.5. The molecule has 13 heteroatoms. The van der Waals surface area contributed by atoms with Gasteiger partial charge in [0.15, 0.2) is 11.5 Å². The number of benzene rings is 1. The van der Waals surface area contributed by atoms with Crippen molar-refractivity contribution in [2.24, 2.45) is 0 Å². The Kier molecular flexibility index (Phi) is 7.47. The van der Waals surface area contributed by atoms with Gasteiger partial charge in [-0.15, -0.1) is 0 Å². The second-order valence-corrected chi connectivity index (χ2v) is 10.4. The van der Waals surface area contributed by atoms with E-state index in [1.165, 1.54) is 6.33 Å². The maximum absolute atomic E-state index is 13.1. The van der Waals surface area contributed by atoms with Crippen molar-refractivity contribution in [3.63, 3.8) is 0 Å². The Labute approximate surface area is 222 Å². The van der Waals surface area contributed by atoms with Crippen molar-refractivity contribution in [1.29, 1.82) is 0 Å². The van der Waals surface area contributed by atoms with Crippen molar-refractivity contribution in [2.45, 2.75) is 70.5 Å². The van der Waals surface area contributed by atoms with Crippen LogP contribution in [0, 0.1) is 0 Å². The first kappa shape index (κ1) is 26.6. The summed E-state index contributed by atoms with van der Waals surface area (Å²) in [6.07, 6.45) is 2.77. The zero-order chi connectivity index (χ0) is 27.0. The summed E-state index contributed by atoms with van der Waals surface area (Å²) >= 11 is 6.06. The summed E-state index contributed by atoms with van der Waals surface area (Å²) in [6.45, 7) is 6.00. The Morgan fingerprint density at radius 1 is 1.18 bits per heavy atom. The molecule has 4 aromatic rings. The fourth-order valence-electron chi connectivity index (χ4n) is 4.94. The van der Waals surface area contributed by atoms with Crippen molar-refractivity contribution < 1.29 is 17.9 Å². The first-order valence-corrected chi connectivity index (χ1v) is 13.1. The average Bonchev–Trinajstić information content (AvgIpc) is 3.58. The number of halogens is 4. The molecule has 2 unspecified atom stereocenters. The predicted octanol–water partition coefficient (Wildman–Crippen LogP) is 5.37. The molecule has 0 saturated carbocycles. The molecule has 1 aliphatic rings. The highest BCUT2D eigenvalue weighted by molar-refractivity contribution is 6.35. The van der Waals surface area contributed by atoms with E-state index in [1.54, 1.807) is 6.33 Å². The molecule has 1 aromatic carbocycles. The van der Waals surface area contributed by atoms with Crippen LogP contribution in [0.1, 0.15) is 57.1 Å². The monoisotopic (exact) mass is 550 g/mol. The van der Waals surface area contributed by atoms with Crippen LogP contribution in [-0.4, -0.2) is 59.6 Å². The van der Waals surface area contributed by atoms with E-state index < -0.39 is 11.7 Å². The number of H-pyrrole nitrogens is 1. The highest BCUT2D eigenvalue weighted by Gasteiger charge is 2.32. The van der Waals surface area contributed by atoms with Gasteiger partial charge in [0.25, 0.3) is 0 Å². The van der Waals surface area contributed by atoms with Crippen molar-refractivity contribution in [1.82, 2.24) is 34.4 Å². The number of hydrogen-bond donors (Lipinski definition) is 2. The summed E-state index contributed by atoms with van der Waals surface area (Å²) in [7, 11) is 0. The largest absolute Gasteiger partial charge is 0.416 e. The number of fused-ring (bicyclic) bond motifs is 2. The van der Waals surface area contributed by atoms with E-state index in [2.05, 4.69) is 43.7 Å². The smallest absolute Gasteiger partial charge is 0.382 e. The second kappa shape index (κ2) is 10.7. The predicted molar refractivity (Wildman–Crippen MR) is 139 cm³/mol. The molecule has 204 valence electrons. The number of nitrogens with two attached hydrogens (primary N) is 1. The van der Waals surface area contributed by atoms with Crippen LogP contribution in [0.2, 0.25) is 5.02 Å². The van der Waals surface area contributed by atoms with Gasteiger partial charge < -0.3 is 15.5 Å². The molecule has 3 aromatic heterocycles. The average molecular weight is 551 g/mol. The van der Waals surface area contributed by atoms with Crippen LogP contribution in [0.5, 0.6) is 0 Å². The standard InChI is InChI=1S/C25H30ClF3N8O/c1-14(2)36(11-16-6-7-20(38-16)37-13-33-22-23(30)31-12-32-24(22)37)8-4-3-5-19-34-18-10-15(25(27,28)29)9-17(26)21(18)35-19/h9-10,12-14,16,20H,3-8,11H2,1-2H3,(H,34,35)(H2,30,31,32). The molecule has 9 nitrogen and oxygen atoms in total. The Bertz CT molecular complexity index is 1420. The Balaban J connectivity index is 1.14. The van der Waals surface area contributed by atoms with Gasteiger partial charge in [0.1, 0.15) is 29.4 Å². The minimum atomic E-state index is -4.46. The van der Waals surface area contributed by atoms with Gasteiger partial charge in [0.05, 0.1) is 28.5 Å². The summed E-state index contributed by atoms with van der Waals surface area (Å²) in [4.78, 5) is 22.5. The van der Waals surface area contributed by atoms with Crippen molar-refractivity contribution in [2.75, 3.05) is 18.8 Å². The van der Waals surface area contributed by atoms with Crippen LogP contribution in [0.25, 0.3) is 22.2 Å². The third-order valence-electron chi connectivity index (χ3n) is 6.98. The first-order valence-electron chi connectivity index (χ1n) is 12.7. The Morgan fingerprint density at radius 2 is 2.00 bits per heavy atom. The zero-order valence-corrected chi connectivity index (χ0v) is 21.9. The lowest BCUT2D eigenvalue weighted by molar-refractivity contribution is -0.137. The van der Waals surface area contributed by atoms with E-state index in [0.717, 1.165) is 50.9 Å². The molecule has 1 fully saturated rings. The number of aryl methyl sites for hydroxylation is 1. The summed E-state index contributed by atoms with van der Waals surface area (Å²) < 4.78 is 47.5. The minimum Gasteiger partial charge on any atom is -0.382 e. The van der Waals surface area contributed by atoms with E-state index in [-0.39, 0.29) is 17.4 Å². The molecule has 38 heavy (non-hydrogen) atoms. The second-order valence-electron chi connectivity index (χ2n) is 9.95. The number of unbranched alkanes of at least 4 members (excludes halogenated alkanes) is 1. The number of imidazole rings is 2. The summed E-state index contributed by atoms with van der Waals surface area (Å²) in [5.74, 6) is 0.988. The maximum atomic E-state index is 13.1. The molecular weight excluding hydrogens is 521 g/mol. The quantitative estimate of drug-likeness (QED) is 0.270. The van der Waals surface area contributed by atoms with Gasteiger partial charge in [-0.3, -0.25) is 9.47 Å². The number of aromatic nitrogens is 6. The van der Waals surface area contributed by atoms with E-state index in [0.29, 0.717) is 46.3 Å². The number of nitrogen functional groups attached to an aromatic ring is 1. The molecule has 5 rings (SSSR count). The van der Waals surface area contributed by atoms with Gasteiger partial charge in [0.2, 0.25) is 0 Å². The molecule has 0 radical (unpaired) electrons. The van der Waals surface area contributed by atoms with E-state index in [4.69, 9.17) is 22.1 Å². The number of ether oxygens (including phenoxy) is 1. The van der Waals surface area contributed by atoms with E-state index in [9.17, 15) is 13.2 Å². The number of anilines is 1. The number of rotatable bonds is 9. The van der Waals surface area contributed by atoms with Crippen molar-refractivity contribution >= 4 is 39.6 Å². The van der Waals surface area contributed by atoms with Crippen LogP contribution in [-0.2, 0) is 17.3 Å². The van der Waals surface area contributed by atoms with Gasteiger partial charge in [-0.1, -0.05) is 11.6 Å². The van der Waals surface area contributed by atoms with Gasteiger partial charge >= 0.3 is 6.18 Å². The fraction of sp³-hybridized carbons (Fsp3) is 0.520. The molecule has 1 aliphatic heterocycles. The van der Waals surface area contributed by atoms with E-state index >= 15 is 0 Å². The fourth-order valence-corrected chi connectivity index (χ4v) is 5.21. The SMILES string of the molecule is CC(C)N(CCCCc1nc2c(Cl)cc(C(F)(F)F)cc2[nH]1)CC1CCC(n2cnc3c(N)ncnc32)O1. The lowest BCUT2D eigenvalue weighted by Gasteiger charge is -2.29. The number of alkyl halides is 3. The van der Waals surface area contributed by atoms with Crippen LogP contribution >= 0.6 is 11.6 Å². The third-order valence-corrected chi connectivity index (χ3v) is 7.26. The van der Waals surface area contributed by atoms with Crippen molar-refractivity contribution in [3.05, 3.63) is 41.2 Å². The summed E-state index contributed by atoms with van der Waals surface area (Å²) in [5.41, 5.74) is 7.05. The first-order chi connectivity index (χ1) is 18.1. The molecule has 4 heterocycles. The maximum Gasteiger partial charge on any atom is 0.416 e. The highest BCUT2D eigenvalue weighted by Crippen LogP contribution is 2.35. The molecular formula is C25H30ClF3N8O. The number of aromatic amines is 1. The Hall–Kier alpha value is -2.96. The van der Waals surface area contributed by atoms with Crippen LogP contribution in [0.4, 0.5) is 19.0 Å². The molecule has 0 amide bonds. The van der Waals surface area contributed by atoms with Crippen LogP contribution < -0.4 is 5.73 Å². The van der Waals surface area contributed by atoms with Gasteiger partial charge in [-0.05, 0) is 58.2 Å². The minimum absolute atomic E-state index is 0.00205. The Morgan fingerprint density at radius 3 is 2.76 bits per heavy atom. The van der Waals surface area contributed by atoms with Gasteiger partial charge in [-0.25, -0.2) is 19.9 Å². The summed E-state index contributed by atoms with van der Waals surface area (Å²) in [5, 5.41) is -0.00205. The third kappa shape index (κ3) is 5.57. The lowest BCUT2D eigenvalue weighted by atomic mass is 10.1. The number of nitrogens with zero attached hydrogens (tertiary/aromatic N) is 6. The number of nitrogens with one attached hydrogen (secondary N) is 1. The van der Waals surface area contributed by atoms with Gasteiger partial charge in [0, 0.05) is 19.0 Å². The molecule has 3 N–H and O–H groups in total. The number of hydrogen-bond acceptors (Lipinski definition) is 7. The molecule has 1 saturated heterocycles. The topological polar surface area (TPSA) is 111 Å². The zero-order valence-electron chi connectivity index (χ0n) is 21.2. The molecule has 0 spiro atoms. The van der Waals surface area contributed by atoms with Crippen LogP contribution in [0.15, 0.2) is 24.8 Å². The van der Waals surface area contributed by atoms with Gasteiger partial charge in [-0.2, -0.15) is 13.2 Å². The summed E-state index contributed by atoms with van der Waals surface area (Å²) in [6, 6.07) is 2.31.